The molecule has 3 aromatic heterocycles. The third-order valence-electron chi connectivity index (χ3n) is 4.34. The number of fused-ring (bicyclic) bond motifs is 1. The van der Waals surface area contributed by atoms with Crippen LogP contribution in [0.2, 0.25) is 0 Å². The van der Waals surface area contributed by atoms with E-state index in [1.54, 1.807) is 60.1 Å². The lowest BCUT2D eigenvalue weighted by atomic mass is 10.1. The maximum atomic E-state index is 12.8. The molecule has 0 saturated carbocycles. The maximum Gasteiger partial charge on any atom is 0.255 e. The van der Waals surface area contributed by atoms with Crippen molar-refractivity contribution in [1.29, 1.82) is 0 Å². The Kier molecular flexibility index (Phi) is 5.36. The Balaban J connectivity index is 1.85. The number of carbonyl (C=O) groups is 1. The Bertz CT molecular complexity index is 953. The summed E-state index contributed by atoms with van der Waals surface area (Å²) in [4.78, 5) is 18.7. The molecular formula is C19H23N5O3. The van der Waals surface area contributed by atoms with E-state index in [1.165, 1.54) is 0 Å². The highest BCUT2D eigenvalue weighted by Gasteiger charge is 2.20. The second-order valence-electron chi connectivity index (χ2n) is 6.74. The summed E-state index contributed by atoms with van der Waals surface area (Å²) < 4.78 is 6.85. The van der Waals surface area contributed by atoms with Crippen LogP contribution in [0.1, 0.15) is 41.8 Å². The molecule has 0 bridgehead atoms. The number of ether oxygens (including phenoxy) is 1. The fraction of sp³-hybridized carbons (Fsp3) is 0.368. The van der Waals surface area contributed by atoms with Gasteiger partial charge >= 0.3 is 0 Å². The van der Waals surface area contributed by atoms with Crippen molar-refractivity contribution in [2.75, 3.05) is 14.2 Å². The summed E-state index contributed by atoms with van der Waals surface area (Å²) in [5.41, 5.74) is 1.79. The van der Waals surface area contributed by atoms with Crippen molar-refractivity contribution >= 4 is 11.6 Å². The highest BCUT2D eigenvalue weighted by molar-refractivity contribution is 5.94. The first-order chi connectivity index (χ1) is 12.9. The van der Waals surface area contributed by atoms with E-state index in [0.29, 0.717) is 29.3 Å². The molecule has 8 heteroatoms. The molecule has 1 unspecified atom stereocenters. The van der Waals surface area contributed by atoms with Gasteiger partial charge in [0.2, 0.25) is 0 Å². The molecule has 0 aliphatic heterocycles. The van der Waals surface area contributed by atoms with E-state index in [4.69, 9.17) is 4.74 Å². The van der Waals surface area contributed by atoms with Gasteiger partial charge in [0.25, 0.3) is 5.91 Å². The molecule has 3 aromatic rings. The lowest BCUT2D eigenvalue weighted by Crippen LogP contribution is -2.27. The zero-order chi connectivity index (χ0) is 19.6. The Morgan fingerprint density at radius 2 is 2.07 bits per heavy atom. The SMILES string of the molecule is COc1ccnc(CN(C)C(=O)c2ccc3nnc(C(O)C(C)C)n3c2)c1. The van der Waals surface area contributed by atoms with Gasteiger partial charge in [-0.25, -0.2) is 0 Å². The van der Waals surface area contributed by atoms with E-state index in [2.05, 4.69) is 15.2 Å². The molecule has 1 N–H and O–H groups in total. The van der Waals surface area contributed by atoms with Gasteiger partial charge in [-0.2, -0.15) is 0 Å². The predicted molar refractivity (Wildman–Crippen MR) is 99.4 cm³/mol. The Morgan fingerprint density at radius 1 is 1.30 bits per heavy atom. The number of hydrogen-bond donors (Lipinski definition) is 1. The molecule has 3 rings (SSSR count). The molecule has 0 aromatic carbocycles. The number of hydrogen-bond acceptors (Lipinski definition) is 6. The summed E-state index contributed by atoms with van der Waals surface area (Å²) in [5, 5.41) is 18.5. The minimum absolute atomic E-state index is 0.0152. The van der Waals surface area contributed by atoms with Gasteiger partial charge in [-0.05, 0) is 24.1 Å². The number of amides is 1. The average molecular weight is 369 g/mol. The van der Waals surface area contributed by atoms with E-state index in [-0.39, 0.29) is 11.8 Å². The molecule has 1 atom stereocenters. The topological polar surface area (TPSA) is 92.9 Å². The van der Waals surface area contributed by atoms with Crippen molar-refractivity contribution in [1.82, 2.24) is 24.5 Å². The van der Waals surface area contributed by atoms with Crippen molar-refractivity contribution in [2.45, 2.75) is 26.5 Å². The van der Waals surface area contributed by atoms with Crippen molar-refractivity contribution in [3.8, 4) is 5.75 Å². The molecule has 8 nitrogen and oxygen atoms in total. The fourth-order valence-corrected chi connectivity index (χ4v) is 2.74. The minimum atomic E-state index is -0.760. The summed E-state index contributed by atoms with van der Waals surface area (Å²) in [6.45, 7) is 4.14. The summed E-state index contributed by atoms with van der Waals surface area (Å²) in [6, 6.07) is 6.97. The lowest BCUT2D eigenvalue weighted by molar-refractivity contribution is 0.0782. The van der Waals surface area contributed by atoms with Crippen molar-refractivity contribution in [3.63, 3.8) is 0 Å². The fourth-order valence-electron chi connectivity index (χ4n) is 2.74. The van der Waals surface area contributed by atoms with Gasteiger partial charge in [-0.15, -0.1) is 10.2 Å². The van der Waals surface area contributed by atoms with E-state index in [1.807, 2.05) is 13.8 Å². The van der Waals surface area contributed by atoms with Gasteiger partial charge < -0.3 is 14.7 Å². The van der Waals surface area contributed by atoms with Crippen molar-refractivity contribution in [3.05, 3.63) is 53.7 Å². The minimum Gasteiger partial charge on any atom is -0.497 e. The number of rotatable bonds is 6. The first-order valence-corrected chi connectivity index (χ1v) is 8.68. The number of carbonyl (C=O) groups excluding carboxylic acids is 1. The molecule has 0 aliphatic rings. The van der Waals surface area contributed by atoms with Crippen LogP contribution in [-0.4, -0.2) is 49.7 Å². The Labute approximate surface area is 157 Å². The van der Waals surface area contributed by atoms with Crippen LogP contribution in [0.4, 0.5) is 0 Å². The maximum absolute atomic E-state index is 12.8. The number of aromatic nitrogens is 4. The van der Waals surface area contributed by atoms with Crippen LogP contribution in [0, 0.1) is 5.92 Å². The Morgan fingerprint density at radius 3 is 2.78 bits per heavy atom. The standard InChI is InChI=1S/C19H23N5O3/c1-12(2)17(25)18-22-21-16-6-5-13(10-24(16)18)19(26)23(3)11-14-9-15(27-4)7-8-20-14/h5-10,12,17,25H,11H2,1-4H3. The van der Waals surface area contributed by atoms with E-state index in [9.17, 15) is 9.90 Å². The van der Waals surface area contributed by atoms with Crippen LogP contribution in [-0.2, 0) is 6.54 Å². The highest BCUT2D eigenvalue weighted by atomic mass is 16.5. The Hall–Kier alpha value is -3.00. The monoisotopic (exact) mass is 369 g/mol. The molecule has 0 saturated heterocycles. The summed E-state index contributed by atoms with van der Waals surface area (Å²) in [5.74, 6) is 0.935. The number of nitrogens with zero attached hydrogens (tertiary/aromatic N) is 5. The molecule has 0 spiro atoms. The van der Waals surface area contributed by atoms with Crippen molar-refractivity contribution < 1.29 is 14.6 Å². The van der Waals surface area contributed by atoms with Crippen LogP contribution in [0.25, 0.3) is 5.65 Å². The number of aliphatic hydroxyl groups excluding tert-OH is 1. The van der Waals surface area contributed by atoms with Crippen LogP contribution >= 0.6 is 0 Å². The lowest BCUT2D eigenvalue weighted by Gasteiger charge is -2.18. The van der Waals surface area contributed by atoms with Crippen LogP contribution < -0.4 is 4.74 Å². The average Bonchev–Trinajstić information content (AvgIpc) is 3.09. The molecule has 0 radical (unpaired) electrons. The first-order valence-electron chi connectivity index (χ1n) is 8.68. The molecule has 27 heavy (non-hydrogen) atoms. The number of methoxy groups -OCH3 is 1. The molecular weight excluding hydrogens is 346 g/mol. The van der Waals surface area contributed by atoms with Gasteiger partial charge in [0.05, 0.1) is 24.9 Å². The highest BCUT2D eigenvalue weighted by Crippen LogP contribution is 2.21. The second-order valence-corrected chi connectivity index (χ2v) is 6.74. The largest absolute Gasteiger partial charge is 0.497 e. The zero-order valence-electron chi connectivity index (χ0n) is 15.8. The summed E-state index contributed by atoms with van der Waals surface area (Å²) >= 11 is 0. The van der Waals surface area contributed by atoms with E-state index < -0.39 is 6.10 Å². The van der Waals surface area contributed by atoms with Gasteiger partial charge in [0.1, 0.15) is 11.9 Å². The molecule has 0 fully saturated rings. The number of aliphatic hydroxyl groups is 1. The molecule has 3 heterocycles. The molecule has 1 amide bonds. The third-order valence-corrected chi connectivity index (χ3v) is 4.34. The van der Waals surface area contributed by atoms with E-state index in [0.717, 1.165) is 5.69 Å². The van der Waals surface area contributed by atoms with Gasteiger partial charge in [-0.1, -0.05) is 13.8 Å². The predicted octanol–water partition coefficient (Wildman–Crippen LogP) is 2.09. The zero-order valence-corrected chi connectivity index (χ0v) is 15.8. The summed E-state index contributed by atoms with van der Waals surface area (Å²) in [7, 11) is 3.30. The molecule has 142 valence electrons. The van der Waals surface area contributed by atoms with Crippen LogP contribution in [0.3, 0.4) is 0 Å². The third kappa shape index (κ3) is 3.90. The second kappa shape index (κ2) is 7.71. The number of pyridine rings is 2. The van der Waals surface area contributed by atoms with Crippen molar-refractivity contribution in [2.24, 2.45) is 5.92 Å². The normalized spacial score (nSPS) is 12.4. The quantitative estimate of drug-likeness (QED) is 0.715. The van der Waals surface area contributed by atoms with Gasteiger partial charge in [0, 0.05) is 25.5 Å². The van der Waals surface area contributed by atoms with E-state index >= 15 is 0 Å². The van der Waals surface area contributed by atoms with Gasteiger partial charge in [-0.3, -0.25) is 14.2 Å². The first kappa shape index (κ1) is 18.8. The van der Waals surface area contributed by atoms with Crippen LogP contribution in [0.5, 0.6) is 5.75 Å². The smallest absolute Gasteiger partial charge is 0.255 e. The molecule has 0 aliphatic carbocycles. The van der Waals surface area contributed by atoms with Crippen LogP contribution in [0.15, 0.2) is 36.7 Å². The summed E-state index contributed by atoms with van der Waals surface area (Å²) in [6.07, 6.45) is 2.55. The van der Waals surface area contributed by atoms with Gasteiger partial charge in [0.15, 0.2) is 11.5 Å².